The van der Waals surface area contributed by atoms with Crippen LogP contribution in [0.4, 0.5) is 0 Å². The van der Waals surface area contributed by atoms with Crippen molar-refractivity contribution in [2.24, 2.45) is 5.92 Å². The molecule has 0 N–H and O–H groups in total. The van der Waals surface area contributed by atoms with E-state index in [0.717, 1.165) is 0 Å². The smallest absolute Gasteiger partial charge is 0.355 e. The summed E-state index contributed by atoms with van der Waals surface area (Å²) in [6.07, 6.45) is 0.0359. The fraction of sp³-hybridized carbons (Fsp3) is 1.00. The lowest BCUT2D eigenvalue weighted by molar-refractivity contribution is -0.0309. The zero-order valence-corrected chi connectivity index (χ0v) is 11.0. The number of rotatable bonds is 7. The Kier molecular flexibility index (Phi) is 6.55. The van der Waals surface area contributed by atoms with Crippen LogP contribution < -0.4 is 0 Å². The predicted molar refractivity (Wildman–Crippen MR) is 56.8 cm³/mol. The minimum Gasteiger partial charge on any atom is -0.355 e. The standard InChI is InChI=1S/C9H22O4Si/c1-8(2)7-12-14(10-5,11-6)13-9(3)4/h8-9H,7H2,1-6H3. The Morgan fingerprint density at radius 3 is 1.79 bits per heavy atom. The number of hydrogen-bond acceptors (Lipinski definition) is 4. The van der Waals surface area contributed by atoms with Gasteiger partial charge in [-0.25, -0.2) is 0 Å². The van der Waals surface area contributed by atoms with E-state index in [1.165, 1.54) is 0 Å². The molecule has 0 amide bonds. The summed E-state index contributed by atoms with van der Waals surface area (Å²) in [7, 11) is 0.239. The highest BCUT2D eigenvalue weighted by molar-refractivity contribution is 6.53. The average molecular weight is 222 g/mol. The Bertz CT molecular complexity index is 146. The maximum atomic E-state index is 5.57. The lowest BCUT2D eigenvalue weighted by Crippen LogP contribution is -2.49. The molecule has 0 spiro atoms. The molecule has 86 valence electrons. The average Bonchev–Trinajstić information content (AvgIpc) is 2.11. The van der Waals surface area contributed by atoms with Gasteiger partial charge in [0, 0.05) is 26.9 Å². The van der Waals surface area contributed by atoms with Crippen molar-refractivity contribution in [1.29, 1.82) is 0 Å². The molecule has 0 aliphatic heterocycles. The molecule has 0 fully saturated rings. The molecule has 0 aromatic rings. The Labute approximate surface area is 88.0 Å². The van der Waals surface area contributed by atoms with Crippen LogP contribution in [0.15, 0.2) is 0 Å². The van der Waals surface area contributed by atoms with Crippen LogP contribution >= 0.6 is 0 Å². The van der Waals surface area contributed by atoms with Crippen LogP contribution in [0.25, 0.3) is 0 Å². The SMILES string of the molecule is CO[Si](OC)(OCC(C)C)OC(C)C. The molecule has 0 aliphatic carbocycles. The topological polar surface area (TPSA) is 36.9 Å². The highest BCUT2D eigenvalue weighted by Gasteiger charge is 2.44. The van der Waals surface area contributed by atoms with Gasteiger partial charge in [-0.2, -0.15) is 0 Å². The first-order chi connectivity index (χ1) is 6.45. The molecule has 0 aromatic carbocycles. The Morgan fingerprint density at radius 2 is 1.50 bits per heavy atom. The molecule has 4 nitrogen and oxygen atoms in total. The first-order valence-corrected chi connectivity index (χ1v) is 6.51. The lowest BCUT2D eigenvalue weighted by Gasteiger charge is -2.27. The van der Waals surface area contributed by atoms with Gasteiger partial charge in [0.15, 0.2) is 0 Å². The second-order valence-corrected chi connectivity index (χ2v) is 6.12. The fourth-order valence-corrected chi connectivity index (χ4v) is 2.67. The summed E-state index contributed by atoms with van der Waals surface area (Å²) in [4.78, 5) is 0. The highest BCUT2D eigenvalue weighted by Crippen LogP contribution is 2.13. The summed E-state index contributed by atoms with van der Waals surface area (Å²) in [5.41, 5.74) is 0. The molecular formula is C9H22O4Si. The van der Waals surface area contributed by atoms with Gasteiger partial charge >= 0.3 is 9.05 Å². The molecule has 0 bridgehead atoms. The molecule has 0 rings (SSSR count). The van der Waals surface area contributed by atoms with Crippen molar-refractivity contribution in [1.82, 2.24) is 0 Å². The molecule has 0 atom stereocenters. The largest absolute Gasteiger partial charge is 0.679 e. The van der Waals surface area contributed by atoms with E-state index in [1.54, 1.807) is 14.2 Å². The van der Waals surface area contributed by atoms with Gasteiger partial charge in [0.2, 0.25) is 0 Å². The van der Waals surface area contributed by atoms with E-state index in [4.69, 9.17) is 17.7 Å². The van der Waals surface area contributed by atoms with Crippen molar-refractivity contribution in [3.05, 3.63) is 0 Å². The summed E-state index contributed by atoms with van der Waals surface area (Å²) >= 11 is 0. The van der Waals surface area contributed by atoms with E-state index in [1.807, 2.05) is 13.8 Å². The summed E-state index contributed by atoms with van der Waals surface area (Å²) in [6.45, 7) is 8.58. The third-order valence-corrected chi connectivity index (χ3v) is 3.75. The van der Waals surface area contributed by atoms with Crippen LogP contribution in [0.3, 0.4) is 0 Å². The van der Waals surface area contributed by atoms with Gasteiger partial charge in [-0.1, -0.05) is 13.8 Å². The maximum Gasteiger partial charge on any atom is 0.679 e. The van der Waals surface area contributed by atoms with Crippen molar-refractivity contribution < 1.29 is 17.7 Å². The molecule has 0 unspecified atom stereocenters. The minimum atomic E-state index is -2.87. The summed E-state index contributed by atoms with van der Waals surface area (Å²) < 4.78 is 21.6. The second kappa shape index (κ2) is 6.52. The first kappa shape index (κ1) is 14.1. The van der Waals surface area contributed by atoms with Crippen molar-refractivity contribution in [2.75, 3.05) is 20.8 Å². The van der Waals surface area contributed by atoms with Gasteiger partial charge in [0.1, 0.15) is 0 Å². The molecule has 14 heavy (non-hydrogen) atoms. The van der Waals surface area contributed by atoms with Crippen LogP contribution in [0.1, 0.15) is 27.7 Å². The molecule has 0 aliphatic rings. The van der Waals surface area contributed by atoms with Gasteiger partial charge in [0.25, 0.3) is 0 Å². The van der Waals surface area contributed by atoms with E-state index < -0.39 is 9.05 Å². The minimum absolute atomic E-state index is 0.0359. The van der Waals surface area contributed by atoms with Crippen molar-refractivity contribution in [3.63, 3.8) is 0 Å². The number of hydrogen-bond donors (Lipinski definition) is 0. The van der Waals surface area contributed by atoms with Gasteiger partial charge < -0.3 is 17.7 Å². The summed E-state index contributed by atoms with van der Waals surface area (Å²) in [6, 6.07) is 0. The van der Waals surface area contributed by atoms with Gasteiger partial charge in [-0.05, 0) is 19.8 Å². The zero-order valence-electron chi connectivity index (χ0n) is 9.99. The summed E-state index contributed by atoms with van der Waals surface area (Å²) in [5, 5.41) is 0. The molecule has 0 saturated heterocycles. The first-order valence-electron chi connectivity index (χ1n) is 4.88. The Hall–Kier alpha value is 0.0569. The molecule has 0 radical (unpaired) electrons. The molecular weight excluding hydrogens is 200 g/mol. The highest BCUT2D eigenvalue weighted by atomic mass is 28.4. The van der Waals surface area contributed by atoms with E-state index in [-0.39, 0.29) is 6.10 Å². The van der Waals surface area contributed by atoms with Gasteiger partial charge in [-0.15, -0.1) is 0 Å². The molecule has 0 aromatic heterocycles. The van der Waals surface area contributed by atoms with Crippen LogP contribution in [0, 0.1) is 5.92 Å². The van der Waals surface area contributed by atoms with Crippen LogP contribution in [0.5, 0.6) is 0 Å². The van der Waals surface area contributed by atoms with Crippen molar-refractivity contribution >= 4 is 9.05 Å². The Balaban J connectivity index is 4.21. The lowest BCUT2D eigenvalue weighted by atomic mass is 10.2. The second-order valence-electron chi connectivity index (χ2n) is 3.78. The maximum absolute atomic E-state index is 5.57. The summed E-state index contributed by atoms with van der Waals surface area (Å²) in [5.74, 6) is 0.433. The normalized spacial score (nSPS) is 12.9. The van der Waals surface area contributed by atoms with E-state index >= 15 is 0 Å². The van der Waals surface area contributed by atoms with E-state index in [0.29, 0.717) is 12.5 Å². The van der Waals surface area contributed by atoms with Gasteiger partial charge in [0.05, 0.1) is 0 Å². The monoisotopic (exact) mass is 222 g/mol. The van der Waals surface area contributed by atoms with Crippen molar-refractivity contribution in [2.45, 2.75) is 33.8 Å². The predicted octanol–water partition coefficient (Wildman–Crippen LogP) is 1.81. The van der Waals surface area contributed by atoms with Gasteiger partial charge in [-0.3, -0.25) is 0 Å². The van der Waals surface area contributed by atoms with Crippen LogP contribution in [-0.4, -0.2) is 36.0 Å². The Morgan fingerprint density at radius 1 is 1.00 bits per heavy atom. The van der Waals surface area contributed by atoms with Crippen LogP contribution in [-0.2, 0) is 17.7 Å². The van der Waals surface area contributed by atoms with Crippen molar-refractivity contribution in [3.8, 4) is 0 Å². The molecule has 0 heterocycles. The van der Waals surface area contributed by atoms with E-state index in [2.05, 4.69) is 13.8 Å². The van der Waals surface area contributed by atoms with E-state index in [9.17, 15) is 0 Å². The quantitative estimate of drug-likeness (QED) is 0.616. The third kappa shape index (κ3) is 5.07. The van der Waals surface area contributed by atoms with Crippen LogP contribution in [0.2, 0.25) is 0 Å². The molecule has 5 heteroatoms. The zero-order chi connectivity index (χ0) is 11.2. The fourth-order valence-electron chi connectivity index (χ4n) is 0.889. The molecule has 0 saturated carbocycles. The third-order valence-electron chi connectivity index (χ3n) is 1.47.